The number of aromatic nitrogens is 2. The van der Waals surface area contributed by atoms with Gasteiger partial charge in [-0.2, -0.15) is 0 Å². The molecule has 1 amide bonds. The van der Waals surface area contributed by atoms with Gasteiger partial charge in [0.15, 0.2) is 0 Å². The maximum atomic E-state index is 11.8. The lowest BCUT2D eigenvalue weighted by Gasteiger charge is -2.24. The molecule has 0 aliphatic heterocycles. The van der Waals surface area contributed by atoms with Crippen LogP contribution in [-0.2, 0) is 29.1 Å². The lowest BCUT2D eigenvalue weighted by atomic mass is 9.79. The van der Waals surface area contributed by atoms with E-state index in [1.165, 1.54) is 16.5 Å². The number of rotatable bonds is 12. The number of ether oxygens (including phenoxy) is 1. The molecule has 0 fully saturated rings. The largest absolute Gasteiger partial charge is 0.375 e. The monoisotopic (exact) mass is 494 g/mol. The molecule has 5 rings (SSSR count). The zero-order valence-corrected chi connectivity index (χ0v) is 20.6. The number of nitrogens with zero attached hydrogens (tertiary/aromatic N) is 2. The molecule has 0 radical (unpaired) electrons. The summed E-state index contributed by atoms with van der Waals surface area (Å²) in [6.07, 6.45) is 6.63. The minimum atomic E-state index is -0.500. The summed E-state index contributed by atoms with van der Waals surface area (Å²) in [4.78, 5) is 21.7. The van der Waals surface area contributed by atoms with Gasteiger partial charge < -0.3 is 9.72 Å². The van der Waals surface area contributed by atoms with E-state index in [0.29, 0.717) is 13.2 Å². The summed E-state index contributed by atoms with van der Waals surface area (Å²) in [5, 5.41) is 10.2. The predicted molar refractivity (Wildman–Crippen MR) is 142 cm³/mol. The Morgan fingerprint density at radius 2 is 1.92 bits per heavy atom. The molecule has 2 heterocycles. The van der Waals surface area contributed by atoms with Gasteiger partial charge in [-0.15, -0.1) is 0 Å². The fourth-order valence-corrected chi connectivity index (χ4v) is 4.65. The van der Waals surface area contributed by atoms with Crippen molar-refractivity contribution >= 4 is 16.8 Å². The molecule has 3 N–H and O–H groups in total. The second-order valence-electron chi connectivity index (χ2n) is 9.26. The van der Waals surface area contributed by atoms with E-state index in [2.05, 4.69) is 63.2 Å². The van der Waals surface area contributed by atoms with Crippen molar-refractivity contribution in [3.05, 3.63) is 102 Å². The van der Waals surface area contributed by atoms with Gasteiger partial charge >= 0.3 is 0 Å². The Balaban J connectivity index is 1.22. The molecule has 0 saturated carbocycles. The molecular formula is C30H30N4O3. The van der Waals surface area contributed by atoms with Crippen LogP contribution in [0.4, 0.5) is 0 Å². The highest BCUT2D eigenvalue weighted by Gasteiger charge is 2.32. The van der Waals surface area contributed by atoms with Gasteiger partial charge in [0.2, 0.25) is 0 Å². The van der Waals surface area contributed by atoms with E-state index in [0.717, 1.165) is 42.7 Å². The minimum Gasteiger partial charge on any atom is -0.375 e. The van der Waals surface area contributed by atoms with E-state index >= 15 is 0 Å². The van der Waals surface area contributed by atoms with Crippen LogP contribution in [0.1, 0.15) is 28.2 Å². The molecule has 0 spiro atoms. The maximum Gasteiger partial charge on any atom is 0.260 e. The summed E-state index contributed by atoms with van der Waals surface area (Å²) < 4.78 is 5.95. The van der Waals surface area contributed by atoms with E-state index in [1.54, 1.807) is 11.7 Å². The molecule has 2 aromatic heterocycles. The first kappa shape index (κ1) is 24.7. The number of H-pyrrole nitrogens is 1. The van der Waals surface area contributed by atoms with Crippen molar-refractivity contribution in [3.63, 3.8) is 0 Å². The molecule has 2 aromatic carbocycles. The van der Waals surface area contributed by atoms with E-state index in [-0.39, 0.29) is 5.92 Å². The van der Waals surface area contributed by atoms with Crippen LogP contribution in [0.3, 0.4) is 0 Å². The maximum absolute atomic E-state index is 11.8. The number of fused-ring (bicyclic) bond motifs is 1. The fraction of sp³-hybridized carbons (Fsp3) is 0.267. The lowest BCUT2D eigenvalue weighted by molar-refractivity contribution is -0.132. The average molecular weight is 495 g/mol. The number of pyridine rings is 1. The van der Waals surface area contributed by atoms with Crippen LogP contribution in [-0.4, -0.2) is 45.7 Å². The highest BCUT2D eigenvalue weighted by molar-refractivity contribution is 5.84. The first-order chi connectivity index (χ1) is 18.2. The average Bonchev–Trinajstić information content (AvgIpc) is 3.33. The molecule has 4 aromatic rings. The Kier molecular flexibility index (Phi) is 7.92. The van der Waals surface area contributed by atoms with Crippen LogP contribution >= 0.6 is 0 Å². The zero-order valence-electron chi connectivity index (χ0n) is 20.6. The van der Waals surface area contributed by atoms with Crippen LogP contribution in [0.15, 0.2) is 79.3 Å². The molecule has 2 atom stereocenters. The smallest absolute Gasteiger partial charge is 0.260 e. The number of aromatic amines is 1. The molecule has 0 saturated heterocycles. The summed E-state index contributed by atoms with van der Waals surface area (Å²) in [5.41, 5.74) is 7.42. The summed E-state index contributed by atoms with van der Waals surface area (Å²) in [7, 11) is 0. The molecule has 2 unspecified atom stereocenters. The third kappa shape index (κ3) is 6.07. The standard InChI is InChI=1S/C30H30N4O3/c35-30(33-36)28-12-11-26(28)24-9-7-22(8-10-24)20-34(16-17-37-21-23-4-3-14-31-18-23)15-13-25-19-32-29-6-2-1-5-27(25)29/h1-10,14,18-19,26,28,32,36H,13,15-17,20-21H2,(H,33,35). The van der Waals surface area contributed by atoms with E-state index in [9.17, 15) is 4.79 Å². The van der Waals surface area contributed by atoms with Crippen LogP contribution in [0.5, 0.6) is 0 Å². The van der Waals surface area contributed by atoms with Gasteiger partial charge in [0, 0.05) is 49.1 Å². The van der Waals surface area contributed by atoms with Crippen molar-refractivity contribution in [1.29, 1.82) is 0 Å². The number of benzene rings is 2. The van der Waals surface area contributed by atoms with Crippen molar-refractivity contribution < 1.29 is 14.7 Å². The lowest BCUT2D eigenvalue weighted by Crippen LogP contribution is -2.34. The van der Waals surface area contributed by atoms with Crippen molar-refractivity contribution in [2.45, 2.75) is 25.5 Å². The number of nitrogens with one attached hydrogen (secondary N) is 2. The summed E-state index contributed by atoms with van der Waals surface area (Å²) in [6, 6.07) is 20.6. The third-order valence-corrected chi connectivity index (χ3v) is 6.78. The molecular weight excluding hydrogens is 464 g/mol. The first-order valence-corrected chi connectivity index (χ1v) is 12.5. The van der Waals surface area contributed by atoms with E-state index < -0.39 is 11.8 Å². The zero-order chi connectivity index (χ0) is 25.5. The van der Waals surface area contributed by atoms with Gasteiger partial charge in [-0.1, -0.05) is 60.4 Å². The molecule has 7 heteroatoms. The van der Waals surface area contributed by atoms with Crippen LogP contribution < -0.4 is 5.48 Å². The number of hydrogen-bond acceptors (Lipinski definition) is 5. The molecule has 37 heavy (non-hydrogen) atoms. The Morgan fingerprint density at radius 1 is 1.05 bits per heavy atom. The quantitative estimate of drug-likeness (QED) is 0.120. The van der Waals surface area contributed by atoms with Crippen molar-refractivity contribution in [2.24, 2.45) is 5.92 Å². The van der Waals surface area contributed by atoms with Crippen molar-refractivity contribution in [2.75, 3.05) is 19.7 Å². The summed E-state index contributed by atoms with van der Waals surface area (Å²) in [5.74, 6) is 4.72. The second-order valence-corrected chi connectivity index (χ2v) is 9.26. The number of hydroxylamine groups is 1. The summed E-state index contributed by atoms with van der Waals surface area (Å²) in [6.45, 7) is 3.65. The Hall–Kier alpha value is -3.96. The van der Waals surface area contributed by atoms with Crippen molar-refractivity contribution in [1.82, 2.24) is 20.3 Å². The Morgan fingerprint density at radius 3 is 2.68 bits per heavy atom. The number of hydrogen-bond donors (Lipinski definition) is 3. The van der Waals surface area contributed by atoms with Gasteiger partial charge in [-0.25, -0.2) is 5.48 Å². The Labute approximate surface area is 216 Å². The van der Waals surface area contributed by atoms with E-state index in [4.69, 9.17) is 9.94 Å². The van der Waals surface area contributed by atoms with Gasteiger partial charge in [0.25, 0.3) is 5.91 Å². The number of carbonyl (C=O) groups is 1. The SMILES string of the molecule is O=C(NO)C1C#CC1c1ccc(CN(CCOCc2cccnc2)CCc2c[nH]c3ccccc23)cc1. The van der Waals surface area contributed by atoms with Crippen molar-refractivity contribution in [3.8, 4) is 11.8 Å². The Bertz CT molecular complexity index is 1390. The number of para-hydroxylation sites is 1. The minimum absolute atomic E-state index is 0.181. The van der Waals surface area contributed by atoms with Crippen LogP contribution in [0.25, 0.3) is 10.9 Å². The molecule has 1 aliphatic carbocycles. The highest BCUT2D eigenvalue weighted by Crippen LogP contribution is 2.30. The predicted octanol–water partition coefficient (Wildman–Crippen LogP) is 4.05. The molecule has 188 valence electrons. The van der Waals surface area contributed by atoms with Crippen LogP contribution in [0, 0.1) is 17.8 Å². The fourth-order valence-electron chi connectivity index (χ4n) is 4.65. The number of carbonyl (C=O) groups excluding carboxylic acids is 1. The van der Waals surface area contributed by atoms with Crippen LogP contribution in [0.2, 0.25) is 0 Å². The first-order valence-electron chi connectivity index (χ1n) is 12.5. The normalized spacial score (nSPS) is 16.3. The summed E-state index contributed by atoms with van der Waals surface area (Å²) >= 11 is 0. The second kappa shape index (κ2) is 11.8. The molecule has 7 nitrogen and oxygen atoms in total. The topological polar surface area (TPSA) is 90.5 Å². The number of amides is 1. The van der Waals surface area contributed by atoms with Gasteiger partial charge in [-0.3, -0.25) is 19.9 Å². The van der Waals surface area contributed by atoms with E-state index in [1.807, 2.05) is 36.5 Å². The molecule has 0 bridgehead atoms. The third-order valence-electron chi connectivity index (χ3n) is 6.78. The van der Waals surface area contributed by atoms with Gasteiger partial charge in [-0.05, 0) is 40.8 Å². The molecule has 1 aliphatic rings. The highest BCUT2D eigenvalue weighted by atomic mass is 16.5. The van der Waals surface area contributed by atoms with Gasteiger partial charge in [0.1, 0.15) is 5.92 Å². The van der Waals surface area contributed by atoms with Gasteiger partial charge in [0.05, 0.1) is 19.1 Å².